The smallest absolute Gasteiger partial charge is 0.406 e. The SMILES string of the molecule is CC(C(=O)Nc1ccc(S(N)(=O)=O)cc1)N(C)Cc1ccc(OC(F)(F)F)cc1. The Bertz CT molecular complexity index is 946. The number of ether oxygens (including phenoxy) is 1. The number of alkyl halides is 3. The number of carbonyl (C=O) groups excluding carboxylic acids is 1. The zero-order valence-corrected chi connectivity index (χ0v) is 16.4. The number of anilines is 1. The van der Waals surface area contributed by atoms with Crippen LogP contribution in [0.2, 0.25) is 0 Å². The van der Waals surface area contributed by atoms with E-state index in [9.17, 15) is 26.4 Å². The molecule has 1 amide bonds. The molecule has 0 spiro atoms. The number of primary sulfonamides is 1. The van der Waals surface area contributed by atoms with Gasteiger partial charge in [-0.25, -0.2) is 13.6 Å². The lowest BCUT2D eigenvalue weighted by Gasteiger charge is -2.24. The average Bonchev–Trinajstić information content (AvgIpc) is 2.61. The van der Waals surface area contributed by atoms with Crippen LogP contribution >= 0.6 is 0 Å². The Morgan fingerprint density at radius 1 is 1.14 bits per heavy atom. The molecule has 1 unspecified atom stereocenters. The minimum absolute atomic E-state index is 0.0707. The maximum absolute atomic E-state index is 12.4. The van der Waals surface area contributed by atoms with E-state index in [-0.39, 0.29) is 16.6 Å². The van der Waals surface area contributed by atoms with Crippen LogP contribution in [0.1, 0.15) is 12.5 Å². The summed E-state index contributed by atoms with van der Waals surface area (Å²) in [4.78, 5) is 14.0. The highest BCUT2D eigenvalue weighted by Crippen LogP contribution is 2.23. The normalized spacial score (nSPS) is 13.2. The van der Waals surface area contributed by atoms with Crippen molar-refractivity contribution in [3.05, 3.63) is 54.1 Å². The first kappa shape index (κ1) is 22.7. The number of sulfonamides is 1. The molecule has 0 fully saturated rings. The molecule has 0 aromatic heterocycles. The first-order chi connectivity index (χ1) is 13.3. The fourth-order valence-corrected chi connectivity index (χ4v) is 2.91. The highest BCUT2D eigenvalue weighted by Gasteiger charge is 2.31. The molecule has 3 N–H and O–H groups in total. The molecule has 7 nitrogen and oxygen atoms in total. The highest BCUT2D eigenvalue weighted by atomic mass is 32.2. The zero-order chi connectivity index (χ0) is 21.8. The van der Waals surface area contributed by atoms with Crippen molar-refractivity contribution in [3.8, 4) is 5.75 Å². The molecule has 0 bridgehead atoms. The number of carbonyl (C=O) groups is 1. The number of halogens is 3. The number of likely N-dealkylation sites (N-methyl/N-ethyl adjacent to an activating group) is 1. The zero-order valence-electron chi connectivity index (χ0n) is 15.6. The van der Waals surface area contributed by atoms with Gasteiger partial charge in [-0.3, -0.25) is 9.69 Å². The van der Waals surface area contributed by atoms with Crippen molar-refractivity contribution < 1.29 is 31.1 Å². The van der Waals surface area contributed by atoms with Crippen LogP contribution in [-0.4, -0.2) is 38.7 Å². The molecule has 1 atom stereocenters. The predicted octanol–water partition coefficient (Wildman–Crippen LogP) is 2.69. The van der Waals surface area contributed by atoms with Gasteiger partial charge in [0.15, 0.2) is 0 Å². The highest BCUT2D eigenvalue weighted by molar-refractivity contribution is 7.89. The fraction of sp³-hybridized carbons (Fsp3) is 0.278. The van der Waals surface area contributed by atoms with Gasteiger partial charge in [-0.1, -0.05) is 12.1 Å². The number of hydrogen-bond acceptors (Lipinski definition) is 5. The van der Waals surface area contributed by atoms with Gasteiger partial charge in [0.05, 0.1) is 10.9 Å². The van der Waals surface area contributed by atoms with Crippen LogP contribution in [0.4, 0.5) is 18.9 Å². The third-order valence-corrected chi connectivity index (χ3v) is 5.01. The van der Waals surface area contributed by atoms with Crippen LogP contribution in [0.3, 0.4) is 0 Å². The van der Waals surface area contributed by atoms with Crippen molar-refractivity contribution in [1.82, 2.24) is 4.90 Å². The van der Waals surface area contributed by atoms with Crippen LogP contribution in [-0.2, 0) is 21.4 Å². The third kappa shape index (κ3) is 7.04. The molecule has 0 heterocycles. The summed E-state index contributed by atoms with van der Waals surface area (Å²) in [6.07, 6.45) is -4.75. The number of hydrogen-bond donors (Lipinski definition) is 2. The second-order valence-electron chi connectivity index (χ2n) is 6.34. The van der Waals surface area contributed by atoms with E-state index in [4.69, 9.17) is 5.14 Å². The van der Waals surface area contributed by atoms with Crippen LogP contribution in [0.25, 0.3) is 0 Å². The fourth-order valence-electron chi connectivity index (χ4n) is 2.40. The Labute approximate surface area is 166 Å². The maximum atomic E-state index is 12.4. The van der Waals surface area contributed by atoms with Crippen molar-refractivity contribution in [2.45, 2.75) is 30.8 Å². The molecule has 11 heteroatoms. The molecule has 0 saturated carbocycles. The van der Waals surface area contributed by atoms with Gasteiger partial charge in [0, 0.05) is 12.2 Å². The molecule has 0 aliphatic rings. The molecular weight excluding hydrogens is 411 g/mol. The molecule has 2 aromatic carbocycles. The van der Waals surface area contributed by atoms with Crippen molar-refractivity contribution >= 4 is 21.6 Å². The van der Waals surface area contributed by atoms with Gasteiger partial charge in [-0.15, -0.1) is 13.2 Å². The summed E-state index contributed by atoms with van der Waals surface area (Å²) in [6, 6.07) is 10.2. The van der Waals surface area contributed by atoms with Crippen LogP contribution < -0.4 is 15.2 Å². The van der Waals surface area contributed by atoms with E-state index in [0.717, 1.165) is 0 Å². The molecular formula is C18H20F3N3O4S. The summed E-state index contributed by atoms with van der Waals surface area (Å²) in [5.74, 6) is -0.662. The van der Waals surface area contributed by atoms with E-state index in [0.29, 0.717) is 17.8 Å². The molecule has 29 heavy (non-hydrogen) atoms. The van der Waals surface area contributed by atoms with E-state index in [1.54, 1.807) is 18.9 Å². The Hall–Kier alpha value is -2.63. The number of nitrogens with two attached hydrogens (primary N) is 1. The standard InChI is InChI=1S/C18H20F3N3O4S/c1-12(17(25)23-14-5-9-16(10-6-14)29(22,26)27)24(2)11-13-3-7-15(8-4-13)28-18(19,20)21/h3-10,12H,11H2,1-2H3,(H,23,25)(H2,22,26,27). The van der Waals surface area contributed by atoms with Crippen molar-refractivity contribution in [2.75, 3.05) is 12.4 Å². The van der Waals surface area contributed by atoms with Crippen LogP contribution in [0.15, 0.2) is 53.4 Å². The number of nitrogens with zero attached hydrogens (tertiary/aromatic N) is 1. The molecule has 0 saturated heterocycles. The van der Waals surface area contributed by atoms with Gasteiger partial charge in [0.25, 0.3) is 0 Å². The monoisotopic (exact) mass is 431 g/mol. The van der Waals surface area contributed by atoms with E-state index in [2.05, 4.69) is 10.1 Å². The van der Waals surface area contributed by atoms with Gasteiger partial charge < -0.3 is 10.1 Å². The molecule has 0 radical (unpaired) electrons. The summed E-state index contributed by atoms with van der Waals surface area (Å²) in [5, 5.41) is 7.68. The molecule has 2 rings (SSSR count). The van der Waals surface area contributed by atoms with Crippen molar-refractivity contribution in [2.24, 2.45) is 5.14 Å². The van der Waals surface area contributed by atoms with Gasteiger partial charge in [-0.05, 0) is 55.9 Å². The lowest BCUT2D eigenvalue weighted by molar-refractivity contribution is -0.274. The van der Waals surface area contributed by atoms with E-state index < -0.39 is 22.4 Å². The lowest BCUT2D eigenvalue weighted by atomic mass is 10.1. The van der Waals surface area contributed by atoms with E-state index >= 15 is 0 Å². The number of nitrogens with one attached hydrogen (secondary N) is 1. The Morgan fingerprint density at radius 3 is 2.17 bits per heavy atom. The third-order valence-electron chi connectivity index (χ3n) is 4.08. The summed E-state index contributed by atoms with van der Waals surface area (Å²) in [6.45, 7) is 1.97. The van der Waals surface area contributed by atoms with Gasteiger partial charge in [0.2, 0.25) is 15.9 Å². The Balaban J connectivity index is 1.95. The van der Waals surface area contributed by atoms with E-state index in [1.807, 2.05) is 0 Å². The van der Waals surface area contributed by atoms with Gasteiger partial charge in [-0.2, -0.15) is 0 Å². The number of rotatable bonds is 7. The first-order valence-electron chi connectivity index (χ1n) is 8.34. The van der Waals surface area contributed by atoms with Crippen LogP contribution in [0, 0.1) is 0 Å². The molecule has 0 aliphatic heterocycles. The topological polar surface area (TPSA) is 102 Å². The van der Waals surface area contributed by atoms with Crippen molar-refractivity contribution in [1.29, 1.82) is 0 Å². The summed E-state index contributed by atoms with van der Waals surface area (Å²) >= 11 is 0. The number of amides is 1. The second kappa shape index (κ2) is 8.80. The summed E-state index contributed by atoms with van der Waals surface area (Å²) < 4.78 is 62.9. The average molecular weight is 431 g/mol. The minimum Gasteiger partial charge on any atom is -0.406 e. The van der Waals surface area contributed by atoms with Crippen molar-refractivity contribution in [3.63, 3.8) is 0 Å². The Morgan fingerprint density at radius 2 is 1.69 bits per heavy atom. The molecule has 0 aliphatic carbocycles. The molecule has 158 valence electrons. The quantitative estimate of drug-likeness (QED) is 0.702. The lowest BCUT2D eigenvalue weighted by Crippen LogP contribution is -2.39. The maximum Gasteiger partial charge on any atom is 0.573 e. The predicted molar refractivity (Wildman–Crippen MR) is 100 cm³/mol. The minimum atomic E-state index is -4.75. The van der Waals surface area contributed by atoms with Crippen LogP contribution in [0.5, 0.6) is 5.75 Å². The largest absolute Gasteiger partial charge is 0.573 e. The molecule has 2 aromatic rings. The van der Waals surface area contributed by atoms with Gasteiger partial charge >= 0.3 is 6.36 Å². The second-order valence-corrected chi connectivity index (χ2v) is 7.90. The summed E-state index contributed by atoms with van der Waals surface area (Å²) in [7, 11) is -2.13. The van der Waals surface area contributed by atoms with Gasteiger partial charge in [0.1, 0.15) is 5.75 Å². The summed E-state index contributed by atoms with van der Waals surface area (Å²) in [5.41, 5.74) is 1.09. The number of benzene rings is 2. The first-order valence-corrected chi connectivity index (χ1v) is 9.88. The Kier molecular flexibility index (Phi) is 6.88. The van der Waals surface area contributed by atoms with E-state index in [1.165, 1.54) is 48.5 Å².